The Morgan fingerprint density at radius 2 is 2.27 bits per heavy atom. The third kappa shape index (κ3) is 2.17. The summed E-state index contributed by atoms with van der Waals surface area (Å²) in [5.74, 6) is 0.155. The molecule has 0 saturated carbocycles. The number of hydrogen-bond donors (Lipinski definition) is 0. The second-order valence-corrected chi connectivity index (χ2v) is 8.91. The van der Waals surface area contributed by atoms with E-state index in [4.69, 9.17) is 4.42 Å². The van der Waals surface area contributed by atoms with Crippen LogP contribution in [0.2, 0.25) is 0 Å². The molecule has 0 bridgehead atoms. The number of fused-ring (bicyclic) bond motifs is 1. The van der Waals surface area contributed by atoms with Crippen molar-refractivity contribution in [2.75, 3.05) is 18.8 Å². The highest BCUT2D eigenvalue weighted by molar-refractivity contribution is 7.92. The molecule has 1 amide bonds. The van der Waals surface area contributed by atoms with Crippen LogP contribution < -0.4 is 0 Å². The second-order valence-electron chi connectivity index (χ2n) is 5.71. The topological polar surface area (TPSA) is 80.5 Å². The minimum atomic E-state index is -3.03. The number of carbonyl (C=O) groups excluding carboxylic acids is 1. The van der Waals surface area contributed by atoms with E-state index in [0.29, 0.717) is 25.2 Å². The van der Waals surface area contributed by atoms with Gasteiger partial charge in [0.15, 0.2) is 9.84 Å². The molecule has 4 rings (SSSR count). The van der Waals surface area contributed by atoms with Crippen molar-refractivity contribution in [3.63, 3.8) is 0 Å². The van der Waals surface area contributed by atoms with Crippen molar-refractivity contribution in [2.24, 2.45) is 5.92 Å². The van der Waals surface area contributed by atoms with E-state index in [2.05, 4.69) is 4.98 Å². The highest BCUT2D eigenvalue weighted by Gasteiger charge is 2.47. The Balaban J connectivity index is 1.54. The lowest BCUT2D eigenvalue weighted by molar-refractivity contribution is 0.0782. The number of furan rings is 1. The molecule has 2 aromatic heterocycles. The Labute approximate surface area is 131 Å². The molecule has 0 N–H and O–H groups in total. The first kappa shape index (κ1) is 14.0. The van der Waals surface area contributed by atoms with Gasteiger partial charge in [0.05, 0.1) is 17.3 Å². The van der Waals surface area contributed by atoms with Crippen LogP contribution in [0.1, 0.15) is 16.9 Å². The summed E-state index contributed by atoms with van der Waals surface area (Å²) in [4.78, 5) is 18.5. The number of sulfone groups is 1. The van der Waals surface area contributed by atoms with E-state index in [1.165, 1.54) is 11.3 Å². The monoisotopic (exact) mass is 338 g/mol. The van der Waals surface area contributed by atoms with Gasteiger partial charge in [-0.25, -0.2) is 13.4 Å². The lowest BCUT2D eigenvalue weighted by atomic mass is 10.1. The number of amides is 1. The number of thiazole rings is 1. The third-order valence-electron chi connectivity index (χ3n) is 4.39. The molecular formula is C14H14N2O4S2. The standard InChI is InChI=1S/C14H14N2O4S2/c17-14(11-8-21-13(15-11)10-1-3-20-7-10)16-5-9-2-4-22(18,19)12(9)6-16/h1,3,7-9,12H,2,4-6H2/t9-,12+/m0/s1. The Morgan fingerprint density at radius 1 is 1.41 bits per heavy atom. The van der Waals surface area contributed by atoms with Crippen molar-refractivity contribution >= 4 is 27.1 Å². The molecule has 2 aromatic rings. The summed E-state index contributed by atoms with van der Waals surface area (Å²) in [5.41, 5.74) is 1.21. The van der Waals surface area contributed by atoms with Gasteiger partial charge in [-0.05, 0) is 18.4 Å². The fraction of sp³-hybridized carbons (Fsp3) is 0.429. The summed E-state index contributed by atoms with van der Waals surface area (Å²) in [6.45, 7) is 0.811. The molecule has 22 heavy (non-hydrogen) atoms. The highest BCUT2D eigenvalue weighted by Crippen LogP contribution is 2.34. The van der Waals surface area contributed by atoms with Crippen LogP contribution in [-0.2, 0) is 9.84 Å². The average molecular weight is 338 g/mol. The van der Waals surface area contributed by atoms with Gasteiger partial charge in [-0.1, -0.05) is 0 Å². The molecule has 2 aliphatic rings. The van der Waals surface area contributed by atoms with Crippen LogP contribution in [0.15, 0.2) is 28.4 Å². The maximum Gasteiger partial charge on any atom is 0.273 e. The lowest BCUT2D eigenvalue weighted by Gasteiger charge is -2.15. The Hall–Kier alpha value is -1.67. The molecule has 0 spiro atoms. The van der Waals surface area contributed by atoms with E-state index in [0.717, 1.165) is 10.6 Å². The molecule has 0 aliphatic carbocycles. The number of hydrogen-bond acceptors (Lipinski definition) is 6. The first-order valence-corrected chi connectivity index (χ1v) is 9.63. The summed E-state index contributed by atoms with van der Waals surface area (Å²) in [6.07, 6.45) is 3.80. The van der Waals surface area contributed by atoms with Crippen LogP contribution in [0.5, 0.6) is 0 Å². The van der Waals surface area contributed by atoms with E-state index in [-0.39, 0.29) is 22.8 Å². The molecule has 8 heteroatoms. The number of likely N-dealkylation sites (tertiary alicyclic amines) is 1. The van der Waals surface area contributed by atoms with Crippen LogP contribution >= 0.6 is 11.3 Å². The zero-order chi connectivity index (χ0) is 15.3. The predicted molar refractivity (Wildman–Crippen MR) is 81.4 cm³/mol. The molecular weight excluding hydrogens is 324 g/mol. The Kier molecular flexibility index (Phi) is 3.12. The molecule has 2 fully saturated rings. The Morgan fingerprint density at radius 3 is 3.00 bits per heavy atom. The van der Waals surface area contributed by atoms with Crippen LogP contribution in [0.3, 0.4) is 0 Å². The van der Waals surface area contributed by atoms with Crippen molar-refractivity contribution < 1.29 is 17.6 Å². The van der Waals surface area contributed by atoms with Gasteiger partial charge < -0.3 is 9.32 Å². The summed E-state index contributed by atoms with van der Waals surface area (Å²) in [6, 6.07) is 1.79. The van der Waals surface area contributed by atoms with E-state index < -0.39 is 9.84 Å². The van der Waals surface area contributed by atoms with Gasteiger partial charge in [0.25, 0.3) is 5.91 Å². The first-order chi connectivity index (χ1) is 10.5. The van der Waals surface area contributed by atoms with Gasteiger partial charge in [0, 0.05) is 24.0 Å². The molecule has 0 radical (unpaired) electrons. The maximum atomic E-state index is 12.5. The zero-order valence-electron chi connectivity index (χ0n) is 11.6. The zero-order valence-corrected chi connectivity index (χ0v) is 13.3. The lowest BCUT2D eigenvalue weighted by Crippen LogP contribution is -2.32. The van der Waals surface area contributed by atoms with Crippen molar-refractivity contribution in [1.82, 2.24) is 9.88 Å². The molecule has 0 aromatic carbocycles. The van der Waals surface area contributed by atoms with Crippen molar-refractivity contribution in [3.05, 3.63) is 29.7 Å². The molecule has 2 saturated heterocycles. The molecule has 4 heterocycles. The predicted octanol–water partition coefficient (Wildman–Crippen LogP) is 1.66. The van der Waals surface area contributed by atoms with Crippen LogP contribution in [0.25, 0.3) is 10.6 Å². The van der Waals surface area contributed by atoms with Crippen molar-refractivity contribution in [3.8, 4) is 10.6 Å². The smallest absolute Gasteiger partial charge is 0.273 e. The number of aromatic nitrogens is 1. The van der Waals surface area contributed by atoms with E-state index >= 15 is 0 Å². The van der Waals surface area contributed by atoms with E-state index in [9.17, 15) is 13.2 Å². The highest BCUT2D eigenvalue weighted by atomic mass is 32.2. The molecule has 6 nitrogen and oxygen atoms in total. The molecule has 2 atom stereocenters. The molecule has 2 aliphatic heterocycles. The fourth-order valence-electron chi connectivity index (χ4n) is 3.21. The van der Waals surface area contributed by atoms with Crippen molar-refractivity contribution in [1.29, 1.82) is 0 Å². The van der Waals surface area contributed by atoms with E-state index in [1.807, 2.05) is 0 Å². The largest absolute Gasteiger partial charge is 0.472 e. The summed E-state index contributed by atoms with van der Waals surface area (Å²) in [5, 5.41) is 2.06. The van der Waals surface area contributed by atoms with Crippen LogP contribution in [0, 0.1) is 5.92 Å². The van der Waals surface area contributed by atoms with Gasteiger partial charge >= 0.3 is 0 Å². The van der Waals surface area contributed by atoms with Gasteiger partial charge in [0.2, 0.25) is 0 Å². The normalized spacial score (nSPS) is 26.3. The minimum Gasteiger partial charge on any atom is -0.472 e. The number of nitrogens with zero attached hydrogens (tertiary/aromatic N) is 2. The summed E-state index contributed by atoms with van der Waals surface area (Å²) in [7, 11) is -3.03. The van der Waals surface area contributed by atoms with E-state index in [1.54, 1.807) is 28.9 Å². The van der Waals surface area contributed by atoms with Crippen molar-refractivity contribution in [2.45, 2.75) is 11.7 Å². The van der Waals surface area contributed by atoms with Gasteiger partial charge in [0.1, 0.15) is 17.0 Å². The first-order valence-electron chi connectivity index (χ1n) is 7.03. The molecule has 116 valence electrons. The average Bonchev–Trinajstić information content (AvgIpc) is 3.24. The SMILES string of the molecule is O=C(c1csc(-c2ccoc2)n1)N1C[C@@H]2CCS(=O)(=O)[C@@H]2C1. The number of rotatable bonds is 2. The van der Waals surface area contributed by atoms with Crippen LogP contribution in [0.4, 0.5) is 0 Å². The fourth-order valence-corrected chi connectivity index (χ4v) is 6.14. The van der Waals surface area contributed by atoms with Crippen LogP contribution in [-0.4, -0.2) is 48.3 Å². The quantitative estimate of drug-likeness (QED) is 0.832. The van der Waals surface area contributed by atoms with Gasteiger partial charge in [-0.15, -0.1) is 11.3 Å². The summed E-state index contributed by atoms with van der Waals surface area (Å²) < 4.78 is 28.9. The number of carbonyl (C=O) groups is 1. The minimum absolute atomic E-state index is 0.0842. The maximum absolute atomic E-state index is 12.5. The second kappa shape index (κ2) is 4.92. The Bertz CT molecular complexity index is 810. The molecule has 0 unspecified atom stereocenters. The van der Waals surface area contributed by atoms with Gasteiger partial charge in [-0.2, -0.15) is 0 Å². The van der Waals surface area contributed by atoms with Gasteiger partial charge in [-0.3, -0.25) is 4.79 Å². The third-order valence-corrected chi connectivity index (χ3v) is 7.55. The summed E-state index contributed by atoms with van der Waals surface area (Å²) >= 11 is 1.38.